The number of halogens is 1. The summed E-state index contributed by atoms with van der Waals surface area (Å²) in [5.74, 6) is 0.136. The number of hydrogen-bond acceptors (Lipinski definition) is 5. The minimum absolute atomic E-state index is 0.0510. The molecule has 1 atom stereocenters. The van der Waals surface area contributed by atoms with Gasteiger partial charge in [0.15, 0.2) is 0 Å². The number of thioether (sulfide) groups is 1. The fraction of sp³-hybridized carbons (Fsp3) is 0.421. The van der Waals surface area contributed by atoms with Gasteiger partial charge in [-0.15, -0.1) is 11.8 Å². The van der Waals surface area contributed by atoms with Crippen LogP contribution in [0.1, 0.15) is 25.8 Å². The molecule has 0 N–H and O–H groups in total. The fourth-order valence-corrected chi connectivity index (χ4v) is 3.85. The third-order valence-corrected chi connectivity index (χ3v) is 5.44. The Kier molecular flexibility index (Phi) is 6.53. The molecular weight excluding hydrogens is 414 g/mol. The Bertz CT molecular complexity index is 737. The zero-order chi connectivity index (χ0) is 18.5. The maximum Gasteiger partial charge on any atom is 0.316 e. The molecule has 0 spiro atoms. The average molecular weight is 436 g/mol. The summed E-state index contributed by atoms with van der Waals surface area (Å²) < 4.78 is 6.58. The number of carbonyl (C=O) groups is 1. The quantitative estimate of drug-likeness (QED) is 0.642. The van der Waals surface area contributed by atoms with E-state index in [-0.39, 0.29) is 12.0 Å². The van der Waals surface area contributed by atoms with Gasteiger partial charge in [0.25, 0.3) is 0 Å². The van der Waals surface area contributed by atoms with E-state index in [9.17, 15) is 4.79 Å². The highest BCUT2D eigenvalue weighted by molar-refractivity contribution is 9.10. The summed E-state index contributed by atoms with van der Waals surface area (Å²) in [7, 11) is 0. The van der Waals surface area contributed by atoms with Crippen LogP contribution in [0.25, 0.3) is 0 Å². The molecule has 0 radical (unpaired) electrons. The van der Waals surface area contributed by atoms with Gasteiger partial charge < -0.3 is 9.64 Å². The first-order valence-electron chi connectivity index (χ1n) is 8.67. The van der Waals surface area contributed by atoms with E-state index in [0.29, 0.717) is 30.8 Å². The highest BCUT2D eigenvalue weighted by atomic mass is 79.9. The Morgan fingerprint density at radius 1 is 1.31 bits per heavy atom. The fourth-order valence-electron chi connectivity index (χ4n) is 2.81. The van der Waals surface area contributed by atoms with Gasteiger partial charge in [-0.3, -0.25) is 4.79 Å². The number of amides is 1. The van der Waals surface area contributed by atoms with Crippen molar-refractivity contribution in [3.8, 4) is 6.01 Å². The molecule has 2 aromatic rings. The lowest BCUT2D eigenvalue weighted by atomic mass is 10.1. The van der Waals surface area contributed by atoms with Crippen LogP contribution in [0.4, 0.5) is 0 Å². The number of hydrogen-bond donors (Lipinski definition) is 0. The van der Waals surface area contributed by atoms with Crippen molar-refractivity contribution < 1.29 is 9.53 Å². The van der Waals surface area contributed by atoms with Gasteiger partial charge in [-0.05, 0) is 33.6 Å². The van der Waals surface area contributed by atoms with Crippen LogP contribution in [0.2, 0.25) is 0 Å². The zero-order valence-electron chi connectivity index (χ0n) is 14.9. The molecule has 1 aliphatic heterocycles. The molecule has 1 aliphatic rings. The number of ether oxygens (including phenoxy) is 1. The first kappa shape index (κ1) is 19.2. The number of rotatable bonds is 6. The van der Waals surface area contributed by atoms with E-state index in [1.165, 1.54) is 4.90 Å². The molecule has 1 amide bonds. The van der Waals surface area contributed by atoms with Gasteiger partial charge in [0.1, 0.15) is 6.10 Å². The van der Waals surface area contributed by atoms with Crippen molar-refractivity contribution in [2.24, 2.45) is 0 Å². The van der Waals surface area contributed by atoms with Gasteiger partial charge in [-0.1, -0.05) is 26.0 Å². The molecule has 1 aromatic heterocycles. The second kappa shape index (κ2) is 8.86. The van der Waals surface area contributed by atoms with Crippen LogP contribution in [0.3, 0.4) is 0 Å². The van der Waals surface area contributed by atoms with E-state index < -0.39 is 0 Å². The SMILES string of the molecule is CC(C)Sc1ccc(CC(=O)N2CC[C@@H](Oc3ncc(Br)cn3)C2)cc1. The summed E-state index contributed by atoms with van der Waals surface area (Å²) >= 11 is 5.13. The van der Waals surface area contributed by atoms with E-state index in [0.717, 1.165) is 16.5 Å². The first-order chi connectivity index (χ1) is 12.5. The molecule has 7 heteroatoms. The lowest BCUT2D eigenvalue weighted by molar-refractivity contribution is -0.129. The van der Waals surface area contributed by atoms with Gasteiger partial charge >= 0.3 is 6.01 Å². The van der Waals surface area contributed by atoms with E-state index in [1.807, 2.05) is 28.8 Å². The summed E-state index contributed by atoms with van der Waals surface area (Å²) in [6.07, 6.45) is 4.48. The lowest BCUT2D eigenvalue weighted by Crippen LogP contribution is -2.32. The number of nitrogens with zero attached hydrogens (tertiary/aromatic N) is 3. The average Bonchev–Trinajstić information content (AvgIpc) is 3.07. The Balaban J connectivity index is 1.50. The van der Waals surface area contributed by atoms with Crippen LogP contribution in [0.5, 0.6) is 6.01 Å². The predicted octanol–water partition coefficient (Wildman–Crippen LogP) is 3.96. The maximum atomic E-state index is 12.5. The summed E-state index contributed by atoms with van der Waals surface area (Å²) in [6, 6.07) is 8.62. The summed E-state index contributed by atoms with van der Waals surface area (Å²) in [6.45, 7) is 5.64. The highest BCUT2D eigenvalue weighted by Gasteiger charge is 2.28. The van der Waals surface area contributed by atoms with E-state index in [2.05, 4.69) is 51.9 Å². The molecule has 1 fully saturated rings. The molecule has 2 heterocycles. The normalized spacial score (nSPS) is 16.9. The molecule has 3 rings (SSSR count). The molecule has 0 unspecified atom stereocenters. The van der Waals surface area contributed by atoms with Gasteiger partial charge in [-0.25, -0.2) is 9.97 Å². The van der Waals surface area contributed by atoms with Crippen molar-refractivity contribution in [3.63, 3.8) is 0 Å². The molecule has 1 aromatic carbocycles. The topological polar surface area (TPSA) is 55.3 Å². The van der Waals surface area contributed by atoms with Crippen LogP contribution in [0, 0.1) is 0 Å². The number of likely N-dealkylation sites (tertiary alicyclic amines) is 1. The van der Waals surface area contributed by atoms with Crippen molar-refractivity contribution in [1.29, 1.82) is 0 Å². The number of benzene rings is 1. The van der Waals surface area contributed by atoms with Crippen LogP contribution in [-0.2, 0) is 11.2 Å². The van der Waals surface area contributed by atoms with Gasteiger partial charge in [-0.2, -0.15) is 0 Å². The minimum atomic E-state index is -0.0510. The van der Waals surface area contributed by atoms with Crippen molar-refractivity contribution in [2.45, 2.75) is 42.9 Å². The van der Waals surface area contributed by atoms with Gasteiger partial charge in [0, 0.05) is 35.5 Å². The summed E-state index contributed by atoms with van der Waals surface area (Å²) in [5, 5.41) is 0.554. The smallest absolute Gasteiger partial charge is 0.316 e. The Morgan fingerprint density at radius 3 is 2.65 bits per heavy atom. The molecule has 0 saturated carbocycles. The summed E-state index contributed by atoms with van der Waals surface area (Å²) in [4.78, 5) is 23.9. The molecule has 0 bridgehead atoms. The molecule has 5 nitrogen and oxygen atoms in total. The van der Waals surface area contributed by atoms with Gasteiger partial charge in [0.2, 0.25) is 5.91 Å². The molecular formula is C19H22BrN3O2S. The molecule has 0 aliphatic carbocycles. The first-order valence-corrected chi connectivity index (χ1v) is 10.3. The minimum Gasteiger partial charge on any atom is -0.458 e. The van der Waals surface area contributed by atoms with Crippen LogP contribution in [0.15, 0.2) is 46.0 Å². The predicted molar refractivity (Wildman–Crippen MR) is 106 cm³/mol. The molecule has 138 valence electrons. The Labute approximate surface area is 166 Å². The third kappa shape index (κ3) is 5.45. The number of carbonyl (C=O) groups excluding carboxylic acids is 1. The molecule has 1 saturated heterocycles. The largest absolute Gasteiger partial charge is 0.458 e. The second-order valence-corrected chi connectivity index (χ2v) is 9.11. The van der Waals surface area contributed by atoms with Crippen LogP contribution >= 0.6 is 27.7 Å². The van der Waals surface area contributed by atoms with E-state index >= 15 is 0 Å². The van der Waals surface area contributed by atoms with Crippen molar-refractivity contribution in [1.82, 2.24) is 14.9 Å². The zero-order valence-corrected chi connectivity index (χ0v) is 17.3. The van der Waals surface area contributed by atoms with Crippen LogP contribution < -0.4 is 4.74 Å². The summed E-state index contributed by atoms with van der Waals surface area (Å²) in [5.41, 5.74) is 1.05. The van der Waals surface area contributed by atoms with Crippen molar-refractivity contribution in [3.05, 3.63) is 46.7 Å². The third-order valence-electron chi connectivity index (χ3n) is 4.02. The lowest BCUT2D eigenvalue weighted by Gasteiger charge is -2.17. The van der Waals surface area contributed by atoms with Crippen LogP contribution in [-0.4, -0.2) is 45.2 Å². The Morgan fingerprint density at radius 2 is 2.00 bits per heavy atom. The maximum absolute atomic E-state index is 12.5. The monoisotopic (exact) mass is 435 g/mol. The van der Waals surface area contributed by atoms with Crippen molar-refractivity contribution >= 4 is 33.6 Å². The highest BCUT2D eigenvalue weighted by Crippen LogP contribution is 2.23. The van der Waals surface area contributed by atoms with Gasteiger partial charge in [0.05, 0.1) is 17.4 Å². The standard InChI is InChI=1S/C19H22BrN3O2S/c1-13(2)26-17-5-3-14(4-6-17)9-18(24)23-8-7-16(12-23)25-19-21-10-15(20)11-22-19/h3-6,10-11,13,16H,7-9,12H2,1-2H3/t16-/m1/s1. The Hall–Kier alpha value is -1.60. The van der Waals surface area contributed by atoms with E-state index in [4.69, 9.17) is 4.74 Å². The number of aromatic nitrogens is 2. The second-order valence-electron chi connectivity index (χ2n) is 6.54. The molecule has 26 heavy (non-hydrogen) atoms. The van der Waals surface area contributed by atoms with E-state index in [1.54, 1.807) is 12.4 Å². The van der Waals surface area contributed by atoms with Crippen molar-refractivity contribution in [2.75, 3.05) is 13.1 Å².